The van der Waals surface area contributed by atoms with Crippen molar-refractivity contribution < 1.29 is 9.59 Å². The normalized spacial score (nSPS) is 12.0. The number of rotatable bonds is 7. The molecule has 0 bridgehead atoms. The van der Waals surface area contributed by atoms with E-state index >= 15 is 0 Å². The number of nitrogens with one attached hydrogen (secondary N) is 1. The average Bonchev–Trinajstić information content (AvgIpc) is 2.16. The smallest absolute Gasteiger partial charge is 0.233 e. The molecule has 0 aliphatic carbocycles. The number of amides is 2. The lowest BCUT2D eigenvalue weighted by molar-refractivity contribution is -0.130. The van der Waals surface area contributed by atoms with Gasteiger partial charge in [0.2, 0.25) is 11.8 Å². The second-order valence-corrected chi connectivity index (χ2v) is 5.57. The molecule has 5 N–H and O–H groups in total. The van der Waals surface area contributed by atoms with Gasteiger partial charge < -0.3 is 16.8 Å². The van der Waals surface area contributed by atoms with E-state index < -0.39 is 16.9 Å². The number of carbonyl (C=O) groups excluding carboxylic acids is 2. The van der Waals surface area contributed by atoms with Gasteiger partial charge in [-0.15, -0.1) is 0 Å². The molecule has 0 aromatic heterocycles. The zero-order valence-electron chi connectivity index (χ0n) is 11.5. The van der Waals surface area contributed by atoms with Crippen molar-refractivity contribution in [1.29, 1.82) is 0 Å². The summed E-state index contributed by atoms with van der Waals surface area (Å²) in [6.07, 6.45) is 1.12. The third-order valence-corrected chi connectivity index (χ3v) is 3.57. The molecular weight excluding hydrogens is 250 g/mol. The maximum absolute atomic E-state index is 12.3. The van der Waals surface area contributed by atoms with Crippen molar-refractivity contribution in [3.05, 3.63) is 0 Å². The zero-order chi connectivity index (χ0) is 14.6. The summed E-state index contributed by atoms with van der Waals surface area (Å²) in [7, 11) is 0. The topological polar surface area (TPSA) is 98.2 Å². The molecule has 104 valence electrons. The van der Waals surface area contributed by atoms with E-state index in [0.717, 1.165) is 0 Å². The Kier molecular flexibility index (Phi) is 5.73. The summed E-state index contributed by atoms with van der Waals surface area (Å²) in [6, 6.07) is 0. The monoisotopic (exact) mass is 273 g/mol. The van der Waals surface area contributed by atoms with Crippen LogP contribution in [0, 0.1) is 5.41 Å². The fraction of sp³-hybridized carbons (Fsp3) is 0.750. The summed E-state index contributed by atoms with van der Waals surface area (Å²) in [4.78, 5) is 23.5. The van der Waals surface area contributed by atoms with Gasteiger partial charge in [-0.25, -0.2) is 0 Å². The first kappa shape index (κ1) is 16.8. The Morgan fingerprint density at radius 2 is 1.61 bits per heavy atom. The Bertz CT molecular complexity index is 349. The summed E-state index contributed by atoms with van der Waals surface area (Å²) in [5.74, 6) is -0.708. The van der Waals surface area contributed by atoms with Crippen molar-refractivity contribution in [3.63, 3.8) is 0 Å². The molecule has 0 heterocycles. The lowest BCUT2D eigenvalue weighted by atomic mass is 9.80. The predicted octanol–water partition coefficient (Wildman–Crippen LogP) is 0.849. The number of thiocarbonyl (C=S) groups is 1. The van der Waals surface area contributed by atoms with Gasteiger partial charge in [-0.05, 0) is 26.7 Å². The Labute approximate surface area is 114 Å². The molecule has 0 unspecified atom stereocenters. The Morgan fingerprint density at radius 1 is 1.17 bits per heavy atom. The third kappa shape index (κ3) is 3.94. The molecule has 0 radical (unpaired) electrons. The van der Waals surface area contributed by atoms with Crippen molar-refractivity contribution in [2.75, 3.05) is 0 Å². The fourth-order valence-corrected chi connectivity index (χ4v) is 2.32. The van der Waals surface area contributed by atoms with E-state index in [1.54, 1.807) is 13.8 Å². The van der Waals surface area contributed by atoms with Gasteiger partial charge in [0.25, 0.3) is 0 Å². The highest BCUT2D eigenvalue weighted by Crippen LogP contribution is 2.28. The van der Waals surface area contributed by atoms with Crippen LogP contribution >= 0.6 is 12.2 Å². The third-order valence-electron chi connectivity index (χ3n) is 3.18. The van der Waals surface area contributed by atoms with Gasteiger partial charge in [-0.3, -0.25) is 9.59 Å². The first-order valence-corrected chi connectivity index (χ1v) is 6.43. The van der Waals surface area contributed by atoms with Crippen LogP contribution in [-0.4, -0.2) is 22.3 Å². The van der Waals surface area contributed by atoms with Gasteiger partial charge >= 0.3 is 0 Å². The van der Waals surface area contributed by atoms with E-state index in [9.17, 15) is 9.59 Å². The van der Waals surface area contributed by atoms with E-state index in [1.165, 1.54) is 0 Å². The van der Waals surface area contributed by atoms with Crippen LogP contribution in [-0.2, 0) is 9.59 Å². The van der Waals surface area contributed by atoms with E-state index in [0.29, 0.717) is 12.8 Å². The van der Waals surface area contributed by atoms with Crippen molar-refractivity contribution >= 4 is 29.0 Å². The Balaban J connectivity index is 5.03. The highest BCUT2D eigenvalue weighted by Gasteiger charge is 2.40. The molecule has 0 rings (SSSR count). The Hall–Kier alpha value is -1.17. The molecule has 18 heavy (non-hydrogen) atoms. The van der Waals surface area contributed by atoms with Crippen LogP contribution in [0.1, 0.15) is 47.0 Å². The van der Waals surface area contributed by atoms with Gasteiger partial charge in [-0.1, -0.05) is 26.1 Å². The number of carbonyl (C=O) groups is 2. The summed E-state index contributed by atoms with van der Waals surface area (Å²) in [6.45, 7) is 7.21. The molecule has 5 nitrogen and oxygen atoms in total. The van der Waals surface area contributed by atoms with Crippen LogP contribution in [0.15, 0.2) is 0 Å². The Morgan fingerprint density at radius 3 is 1.89 bits per heavy atom. The largest absolute Gasteiger partial charge is 0.392 e. The minimum atomic E-state index is -0.857. The lowest BCUT2D eigenvalue weighted by Gasteiger charge is -2.34. The molecule has 0 aliphatic rings. The molecule has 0 spiro atoms. The highest BCUT2D eigenvalue weighted by atomic mass is 32.1. The van der Waals surface area contributed by atoms with Gasteiger partial charge in [0.05, 0.1) is 10.4 Å². The SMILES string of the molecule is CCC(CC)(C(=O)NC(C)(C)CC(N)=O)C(N)=S. The maximum atomic E-state index is 12.3. The average molecular weight is 273 g/mol. The minimum Gasteiger partial charge on any atom is -0.392 e. The van der Waals surface area contributed by atoms with Crippen LogP contribution in [0.5, 0.6) is 0 Å². The number of primary amides is 1. The van der Waals surface area contributed by atoms with Gasteiger partial charge in [0.1, 0.15) is 0 Å². The molecule has 0 saturated carbocycles. The molecule has 2 amide bonds. The van der Waals surface area contributed by atoms with Crippen molar-refractivity contribution in [3.8, 4) is 0 Å². The van der Waals surface area contributed by atoms with Crippen LogP contribution in [0.4, 0.5) is 0 Å². The maximum Gasteiger partial charge on any atom is 0.233 e. The lowest BCUT2D eigenvalue weighted by Crippen LogP contribution is -2.55. The summed E-state index contributed by atoms with van der Waals surface area (Å²) >= 11 is 5.01. The summed E-state index contributed by atoms with van der Waals surface area (Å²) in [5.41, 5.74) is 9.28. The van der Waals surface area contributed by atoms with Crippen molar-refractivity contribution in [1.82, 2.24) is 5.32 Å². The first-order valence-electron chi connectivity index (χ1n) is 6.02. The molecule has 0 fully saturated rings. The van der Waals surface area contributed by atoms with Crippen LogP contribution < -0.4 is 16.8 Å². The van der Waals surface area contributed by atoms with E-state index in [-0.39, 0.29) is 17.3 Å². The van der Waals surface area contributed by atoms with E-state index in [4.69, 9.17) is 23.7 Å². The number of hydrogen-bond acceptors (Lipinski definition) is 3. The second kappa shape index (κ2) is 6.13. The fourth-order valence-electron chi connectivity index (χ4n) is 1.94. The molecule has 0 saturated heterocycles. The molecule has 0 atom stereocenters. The predicted molar refractivity (Wildman–Crippen MR) is 75.8 cm³/mol. The first-order chi connectivity index (χ1) is 8.11. The van der Waals surface area contributed by atoms with E-state index in [1.807, 2.05) is 13.8 Å². The molecule has 0 aromatic rings. The van der Waals surface area contributed by atoms with Crippen LogP contribution in [0.2, 0.25) is 0 Å². The van der Waals surface area contributed by atoms with Gasteiger partial charge in [-0.2, -0.15) is 0 Å². The number of hydrogen-bond donors (Lipinski definition) is 3. The molecule has 0 aliphatic heterocycles. The van der Waals surface area contributed by atoms with E-state index in [2.05, 4.69) is 5.32 Å². The quantitative estimate of drug-likeness (QED) is 0.599. The number of nitrogens with two attached hydrogens (primary N) is 2. The second-order valence-electron chi connectivity index (χ2n) is 5.13. The van der Waals surface area contributed by atoms with Crippen molar-refractivity contribution in [2.24, 2.45) is 16.9 Å². The van der Waals surface area contributed by atoms with Gasteiger partial charge in [0, 0.05) is 12.0 Å². The van der Waals surface area contributed by atoms with Crippen LogP contribution in [0.25, 0.3) is 0 Å². The van der Waals surface area contributed by atoms with Crippen LogP contribution in [0.3, 0.4) is 0 Å². The summed E-state index contributed by atoms with van der Waals surface area (Å²) < 4.78 is 0. The van der Waals surface area contributed by atoms with Gasteiger partial charge in [0.15, 0.2) is 0 Å². The van der Waals surface area contributed by atoms with Crippen molar-refractivity contribution in [2.45, 2.75) is 52.5 Å². The summed E-state index contributed by atoms with van der Waals surface area (Å²) in [5, 5.41) is 2.80. The zero-order valence-corrected chi connectivity index (χ0v) is 12.3. The standard InChI is InChI=1S/C12H23N3O2S/c1-5-12(6-2,9(14)18)10(17)15-11(3,4)7-8(13)16/h5-7H2,1-4H3,(H2,13,16)(H2,14,18)(H,15,17). The molecule has 6 heteroatoms. The highest BCUT2D eigenvalue weighted by molar-refractivity contribution is 7.80. The molecule has 0 aromatic carbocycles. The molecular formula is C12H23N3O2S. The minimum absolute atomic E-state index is 0.0690.